The minimum absolute atomic E-state index is 0.0857. The summed E-state index contributed by atoms with van der Waals surface area (Å²) >= 11 is 0. The molecule has 0 spiro atoms. The third kappa shape index (κ3) is 2.29. The van der Waals surface area contributed by atoms with Crippen molar-refractivity contribution < 1.29 is 0 Å². The van der Waals surface area contributed by atoms with Gasteiger partial charge in [-0.2, -0.15) is 5.10 Å². The molecule has 1 atom stereocenters. The van der Waals surface area contributed by atoms with E-state index in [4.69, 9.17) is 5.73 Å². The number of aryl methyl sites for hydroxylation is 1. The van der Waals surface area contributed by atoms with E-state index in [2.05, 4.69) is 22.2 Å². The van der Waals surface area contributed by atoms with Gasteiger partial charge in [-0.1, -0.05) is 30.3 Å². The molecule has 1 saturated carbocycles. The molecule has 0 saturated heterocycles. The lowest BCUT2D eigenvalue weighted by molar-refractivity contribution is 0.600. The Kier molecular flexibility index (Phi) is 2.88. The number of aromatic nitrogens is 3. The third-order valence-electron chi connectivity index (χ3n) is 3.39. The summed E-state index contributed by atoms with van der Waals surface area (Å²) in [6.07, 6.45) is 3.24. The highest BCUT2D eigenvalue weighted by molar-refractivity contribution is 5.18. The Morgan fingerprint density at radius 1 is 1.33 bits per heavy atom. The first-order valence-electron chi connectivity index (χ1n) is 6.44. The predicted molar refractivity (Wildman–Crippen MR) is 70.1 cm³/mol. The lowest BCUT2D eigenvalue weighted by atomic mass is 10.1. The Morgan fingerprint density at radius 3 is 2.72 bits per heavy atom. The zero-order chi connectivity index (χ0) is 12.5. The van der Waals surface area contributed by atoms with Gasteiger partial charge in [0.25, 0.3) is 0 Å². The molecular weight excluding hydrogens is 224 g/mol. The monoisotopic (exact) mass is 242 g/mol. The van der Waals surface area contributed by atoms with Crippen molar-refractivity contribution in [2.45, 2.75) is 31.2 Å². The summed E-state index contributed by atoms with van der Waals surface area (Å²) in [7, 11) is 1.93. The lowest BCUT2D eigenvalue weighted by Crippen LogP contribution is -2.18. The van der Waals surface area contributed by atoms with Crippen LogP contribution in [0.2, 0.25) is 0 Å². The van der Waals surface area contributed by atoms with Gasteiger partial charge in [0.15, 0.2) is 5.82 Å². The lowest BCUT2D eigenvalue weighted by Gasteiger charge is -2.10. The first-order valence-corrected chi connectivity index (χ1v) is 6.44. The highest BCUT2D eigenvalue weighted by Gasteiger charge is 2.29. The molecule has 1 heterocycles. The van der Waals surface area contributed by atoms with Crippen LogP contribution in [-0.2, 0) is 13.5 Å². The SMILES string of the molecule is Cn1nc(C2CC2)nc1C(N)Cc1ccccc1. The van der Waals surface area contributed by atoms with Crippen molar-refractivity contribution in [2.75, 3.05) is 0 Å². The second-order valence-corrected chi connectivity index (χ2v) is 5.02. The maximum Gasteiger partial charge on any atom is 0.154 e. The molecule has 1 aliphatic carbocycles. The molecule has 18 heavy (non-hydrogen) atoms. The molecule has 2 N–H and O–H groups in total. The quantitative estimate of drug-likeness (QED) is 0.891. The molecule has 0 amide bonds. The normalized spacial score (nSPS) is 16.8. The van der Waals surface area contributed by atoms with E-state index in [0.717, 1.165) is 18.1 Å². The highest BCUT2D eigenvalue weighted by Crippen LogP contribution is 2.38. The number of hydrogen-bond donors (Lipinski definition) is 1. The maximum absolute atomic E-state index is 6.24. The van der Waals surface area contributed by atoms with E-state index < -0.39 is 0 Å². The minimum atomic E-state index is -0.0857. The van der Waals surface area contributed by atoms with E-state index in [1.807, 2.05) is 29.9 Å². The second kappa shape index (κ2) is 4.53. The van der Waals surface area contributed by atoms with Crippen LogP contribution in [0, 0.1) is 0 Å². The zero-order valence-electron chi connectivity index (χ0n) is 10.6. The van der Waals surface area contributed by atoms with Crippen molar-refractivity contribution in [3.05, 3.63) is 47.5 Å². The molecule has 4 heteroatoms. The molecule has 1 aromatic carbocycles. The average Bonchev–Trinajstić information content (AvgIpc) is 3.14. The number of rotatable bonds is 4. The van der Waals surface area contributed by atoms with Crippen LogP contribution in [0.5, 0.6) is 0 Å². The second-order valence-electron chi connectivity index (χ2n) is 5.02. The van der Waals surface area contributed by atoms with Gasteiger partial charge in [0, 0.05) is 13.0 Å². The van der Waals surface area contributed by atoms with Gasteiger partial charge < -0.3 is 5.73 Å². The molecule has 0 bridgehead atoms. The Hall–Kier alpha value is -1.68. The Morgan fingerprint density at radius 2 is 2.06 bits per heavy atom. The van der Waals surface area contributed by atoms with Gasteiger partial charge in [0.05, 0.1) is 6.04 Å². The van der Waals surface area contributed by atoms with Crippen molar-refractivity contribution in [2.24, 2.45) is 12.8 Å². The predicted octanol–water partition coefficient (Wildman–Crippen LogP) is 1.93. The number of nitrogens with zero attached hydrogens (tertiary/aromatic N) is 3. The summed E-state index contributed by atoms with van der Waals surface area (Å²) in [5.41, 5.74) is 7.48. The fraction of sp³-hybridized carbons (Fsp3) is 0.429. The molecule has 0 radical (unpaired) electrons. The first-order chi connectivity index (χ1) is 8.74. The molecule has 2 aromatic rings. The Balaban J connectivity index is 1.77. The maximum atomic E-state index is 6.24. The van der Waals surface area contributed by atoms with Gasteiger partial charge in [-0.15, -0.1) is 0 Å². The fourth-order valence-electron chi connectivity index (χ4n) is 2.21. The molecule has 94 valence electrons. The van der Waals surface area contributed by atoms with Crippen LogP contribution in [-0.4, -0.2) is 14.8 Å². The number of hydrogen-bond acceptors (Lipinski definition) is 3. The van der Waals surface area contributed by atoms with Gasteiger partial charge in [-0.05, 0) is 24.8 Å². The van der Waals surface area contributed by atoms with Crippen LogP contribution in [0.3, 0.4) is 0 Å². The summed E-state index contributed by atoms with van der Waals surface area (Å²) in [5.74, 6) is 2.44. The molecule has 1 aromatic heterocycles. The largest absolute Gasteiger partial charge is 0.321 e. The van der Waals surface area contributed by atoms with Crippen molar-refractivity contribution in [1.82, 2.24) is 14.8 Å². The summed E-state index contributed by atoms with van der Waals surface area (Å²) in [6, 6.07) is 10.2. The zero-order valence-corrected chi connectivity index (χ0v) is 10.6. The topological polar surface area (TPSA) is 56.7 Å². The minimum Gasteiger partial charge on any atom is -0.321 e. The average molecular weight is 242 g/mol. The molecule has 4 nitrogen and oxygen atoms in total. The van der Waals surface area contributed by atoms with Gasteiger partial charge in [-0.3, -0.25) is 4.68 Å². The van der Waals surface area contributed by atoms with Crippen LogP contribution < -0.4 is 5.73 Å². The van der Waals surface area contributed by atoms with Crippen LogP contribution in [0.25, 0.3) is 0 Å². The van der Waals surface area contributed by atoms with Crippen LogP contribution in [0.15, 0.2) is 30.3 Å². The van der Waals surface area contributed by atoms with E-state index in [0.29, 0.717) is 5.92 Å². The molecule has 1 fully saturated rings. The summed E-state index contributed by atoms with van der Waals surface area (Å²) in [4.78, 5) is 4.59. The van der Waals surface area contributed by atoms with Gasteiger partial charge >= 0.3 is 0 Å². The summed E-state index contributed by atoms with van der Waals surface area (Å²) in [5, 5.41) is 4.46. The van der Waals surface area contributed by atoms with E-state index in [-0.39, 0.29) is 6.04 Å². The summed E-state index contributed by atoms with van der Waals surface area (Å²) < 4.78 is 1.83. The van der Waals surface area contributed by atoms with Crippen LogP contribution in [0.1, 0.15) is 42.0 Å². The molecule has 1 unspecified atom stereocenters. The Bertz CT molecular complexity index is 528. The number of benzene rings is 1. The molecule has 3 rings (SSSR count). The van der Waals surface area contributed by atoms with E-state index >= 15 is 0 Å². The van der Waals surface area contributed by atoms with Crippen LogP contribution in [0.4, 0.5) is 0 Å². The standard InChI is InChI=1S/C14H18N4/c1-18-14(16-13(17-18)11-7-8-11)12(15)9-10-5-3-2-4-6-10/h2-6,11-12H,7-9,15H2,1H3. The van der Waals surface area contributed by atoms with Crippen molar-refractivity contribution in [3.8, 4) is 0 Å². The van der Waals surface area contributed by atoms with Gasteiger partial charge in [0.1, 0.15) is 5.82 Å². The number of nitrogens with two attached hydrogens (primary N) is 1. The van der Waals surface area contributed by atoms with Crippen molar-refractivity contribution in [3.63, 3.8) is 0 Å². The van der Waals surface area contributed by atoms with E-state index in [9.17, 15) is 0 Å². The summed E-state index contributed by atoms with van der Waals surface area (Å²) in [6.45, 7) is 0. The fourth-order valence-corrected chi connectivity index (χ4v) is 2.21. The van der Waals surface area contributed by atoms with Gasteiger partial charge in [-0.25, -0.2) is 4.98 Å². The highest BCUT2D eigenvalue weighted by atomic mass is 15.3. The first kappa shape index (κ1) is 11.4. The van der Waals surface area contributed by atoms with Crippen molar-refractivity contribution in [1.29, 1.82) is 0 Å². The molecular formula is C14H18N4. The smallest absolute Gasteiger partial charge is 0.154 e. The molecule has 0 aliphatic heterocycles. The van der Waals surface area contributed by atoms with Crippen LogP contribution >= 0.6 is 0 Å². The van der Waals surface area contributed by atoms with Gasteiger partial charge in [0.2, 0.25) is 0 Å². The third-order valence-corrected chi connectivity index (χ3v) is 3.39. The Labute approximate surface area is 107 Å². The molecule has 1 aliphatic rings. The van der Waals surface area contributed by atoms with Crippen molar-refractivity contribution >= 4 is 0 Å². The van der Waals surface area contributed by atoms with E-state index in [1.54, 1.807) is 0 Å². The van der Waals surface area contributed by atoms with E-state index in [1.165, 1.54) is 18.4 Å².